The van der Waals surface area contributed by atoms with E-state index >= 15 is 0 Å². The van der Waals surface area contributed by atoms with Crippen molar-refractivity contribution in [2.75, 3.05) is 26.2 Å². The Morgan fingerprint density at radius 2 is 1.83 bits per heavy atom. The average Bonchev–Trinajstić information content (AvgIpc) is 3.45. The third-order valence-corrected chi connectivity index (χ3v) is 6.15. The van der Waals surface area contributed by atoms with Crippen molar-refractivity contribution in [2.24, 2.45) is 0 Å². The molecule has 2 fully saturated rings. The highest BCUT2D eigenvalue weighted by Crippen LogP contribution is 2.28. The third-order valence-electron chi connectivity index (χ3n) is 6.15. The van der Waals surface area contributed by atoms with Crippen LogP contribution in [-0.4, -0.2) is 60.6 Å². The van der Waals surface area contributed by atoms with E-state index in [0.29, 0.717) is 12.1 Å². The lowest BCUT2D eigenvalue weighted by atomic mass is 10.0. The molecule has 5 heterocycles. The first-order valence-corrected chi connectivity index (χ1v) is 10.6. The van der Waals surface area contributed by atoms with Crippen LogP contribution in [0, 0.1) is 0 Å². The van der Waals surface area contributed by atoms with Gasteiger partial charge in [-0.3, -0.25) is 9.88 Å². The fraction of sp³-hybridized carbons (Fsp3) is 0.524. The number of piperidine rings is 2. The summed E-state index contributed by atoms with van der Waals surface area (Å²) in [6.45, 7) is 5.16. The monoisotopic (exact) mass is 392 g/mol. The molecule has 5 rings (SSSR count). The van der Waals surface area contributed by atoms with Crippen molar-refractivity contribution in [3.8, 4) is 11.5 Å². The van der Waals surface area contributed by atoms with E-state index in [0.717, 1.165) is 75.6 Å². The van der Waals surface area contributed by atoms with Crippen LogP contribution in [0.1, 0.15) is 43.5 Å². The van der Waals surface area contributed by atoms with Gasteiger partial charge >= 0.3 is 0 Å². The summed E-state index contributed by atoms with van der Waals surface area (Å²) in [4.78, 5) is 11.6. The Morgan fingerprint density at radius 3 is 2.62 bits per heavy atom. The maximum atomic E-state index is 4.62. The molecule has 2 aliphatic heterocycles. The van der Waals surface area contributed by atoms with Crippen molar-refractivity contribution in [1.82, 2.24) is 39.7 Å². The van der Waals surface area contributed by atoms with Gasteiger partial charge in [0.25, 0.3) is 0 Å². The van der Waals surface area contributed by atoms with Crippen LogP contribution in [0.2, 0.25) is 0 Å². The molecule has 0 aliphatic carbocycles. The normalized spacial score (nSPS) is 19.6. The minimum atomic E-state index is 0.441. The second-order valence-electron chi connectivity index (χ2n) is 8.05. The predicted octanol–water partition coefficient (Wildman–Crippen LogP) is 2.30. The van der Waals surface area contributed by atoms with Gasteiger partial charge in [-0.15, -0.1) is 5.10 Å². The standard InChI is InChI=1S/C21H28N8/c1-2-8-23-17(3-1)15-27-12-6-18(7-13-27)28-14-11-24-21(28)20-16-29(26-25-20)19-4-9-22-10-5-19/h1-3,8,11,14,16,18-19,22H,4-7,9-10,12-13,15H2. The second kappa shape index (κ2) is 8.42. The minimum Gasteiger partial charge on any atom is -0.326 e. The van der Waals surface area contributed by atoms with Crippen molar-refractivity contribution in [3.63, 3.8) is 0 Å². The first-order valence-electron chi connectivity index (χ1n) is 10.6. The Bertz CT molecular complexity index is 904. The van der Waals surface area contributed by atoms with Crippen LogP contribution >= 0.6 is 0 Å². The Labute approximate surface area is 171 Å². The number of aromatic nitrogens is 6. The molecule has 8 heteroatoms. The van der Waals surface area contributed by atoms with Crippen LogP contribution in [0.3, 0.4) is 0 Å². The van der Waals surface area contributed by atoms with E-state index in [1.54, 1.807) is 0 Å². The fourth-order valence-electron chi connectivity index (χ4n) is 4.51. The van der Waals surface area contributed by atoms with Gasteiger partial charge in [0.2, 0.25) is 0 Å². The molecule has 1 N–H and O–H groups in total. The SMILES string of the molecule is c1ccc(CN2CCC(n3ccnc3-c3cn(C4CCNCC4)nn3)CC2)nc1. The lowest BCUT2D eigenvalue weighted by Crippen LogP contribution is -2.34. The summed E-state index contributed by atoms with van der Waals surface area (Å²) in [5.41, 5.74) is 2.02. The molecule has 152 valence electrons. The maximum Gasteiger partial charge on any atom is 0.162 e. The van der Waals surface area contributed by atoms with Crippen LogP contribution in [0.15, 0.2) is 43.0 Å². The van der Waals surface area contributed by atoms with Crippen molar-refractivity contribution in [2.45, 2.75) is 44.3 Å². The van der Waals surface area contributed by atoms with Gasteiger partial charge in [0, 0.05) is 44.3 Å². The summed E-state index contributed by atoms with van der Waals surface area (Å²) in [6.07, 6.45) is 12.4. The quantitative estimate of drug-likeness (QED) is 0.718. The number of rotatable bonds is 5. The molecular formula is C21H28N8. The van der Waals surface area contributed by atoms with Crippen LogP contribution in [-0.2, 0) is 6.54 Å². The number of pyridine rings is 1. The minimum absolute atomic E-state index is 0.441. The van der Waals surface area contributed by atoms with E-state index in [1.807, 2.05) is 23.1 Å². The molecule has 2 saturated heterocycles. The highest BCUT2D eigenvalue weighted by molar-refractivity contribution is 5.47. The Balaban J connectivity index is 1.25. The first kappa shape index (κ1) is 18.4. The van der Waals surface area contributed by atoms with E-state index in [-0.39, 0.29) is 0 Å². The van der Waals surface area contributed by atoms with E-state index < -0.39 is 0 Å². The van der Waals surface area contributed by atoms with Gasteiger partial charge in [-0.25, -0.2) is 9.67 Å². The van der Waals surface area contributed by atoms with Crippen molar-refractivity contribution >= 4 is 0 Å². The van der Waals surface area contributed by atoms with Gasteiger partial charge in [-0.05, 0) is 50.9 Å². The average molecular weight is 393 g/mol. The zero-order valence-electron chi connectivity index (χ0n) is 16.7. The summed E-state index contributed by atoms with van der Waals surface area (Å²) >= 11 is 0. The summed E-state index contributed by atoms with van der Waals surface area (Å²) in [5, 5.41) is 12.3. The predicted molar refractivity (Wildman–Crippen MR) is 110 cm³/mol. The molecule has 0 unspecified atom stereocenters. The molecule has 0 bridgehead atoms. The number of likely N-dealkylation sites (tertiary alicyclic amines) is 1. The molecule has 0 saturated carbocycles. The fourth-order valence-corrected chi connectivity index (χ4v) is 4.51. The summed E-state index contributed by atoms with van der Waals surface area (Å²) in [6, 6.07) is 7.03. The van der Waals surface area contributed by atoms with E-state index in [1.165, 1.54) is 0 Å². The number of nitrogens with zero attached hydrogens (tertiary/aromatic N) is 7. The summed E-state index contributed by atoms with van der Waals surface area (Å²) in [7, 11) is 0. The highest BCUT2D eigenvalue weighted by atomic mass is 15.4. The Hall–Kier alpha value is -2.58. The van der Waals surface area contributed by atoms with E-state index in [2.05, 4.69) is 59.6 Å². The van der Waals surface area contributed by atoms with Crippen molar-refractivity contribution in [3.05, 3.63) is 48.7 Å². The first-order chi connectivity index (χ1) is 14.4. The molecule has 0 aromatic carbocycles. The van der Waals surface area contributed by atoms with Gasteiger partial charge in [-0.1, -0.05) is 11.3 Å². The van der Waals surface area contributed by atoms with Gasteiger partial charge in [0.05, 0.1) is 17.9 Å². The van der Waals surface area contributed by atoms with Gasteiger partial charge < -0.3 is 9.88 Å². The smallest absolute Gasteiger partial charge is 0.162 e. The lowest BCUT2D eigenvalue weighted by Gasteiger charge is -2.32. The van der Waals surface area contributed by atoms with Crippen molar-refractivity contribution in [1.29, 1.82) is 0 Å². The second-order valence-corrected chi connectivity index (χ2v) is 8.05. The van der Waals surface area contributed by atoms with Crippen molar-refractivity contribution < 1.29 is 0 Å². The largest absolute Gasteiger partial charge is 0.326 e. The number of imidazole rings is 1. The van der Waals surface area contributed by atoms with Gasteiger partial charge in [0.15, 0.2) is 5.82 Å². The molecule has 3 aromatic rings. The molecule has 29 heavy (non-hydrogen) atoms. The van der Waals surface area contributed by atoms with E-state index in [4.69, 9.17) is 0 Å². The number of hydrogen-bond acceptors (Lipinski definition) is 6. The van der Waals surface area contributed by atoms with Crippen LogP contribution in [0.25, 0.3) is 11.5 Å². The molecule has 0 radical (unpaired) electrons. The molecule has 0 spiro atoms. The summed E-state index contributed by atoms with van der Waals surface area (Å²) < 4.78 is 4.33. The molecule has 0 atom stereocenters. The lowest BCUT2D eigenvalue weighted by molar-refractivity contribution is 0.178. The van der Waals surface area contributed by atoms with Gasteiger partial charge in [-0.2, -0.15) is 0 Å². The topological polar surface area (TPSA) is 76.7 Å². The van der Waals surface area contributed by atoms with Crippen LogP contribution in [0.5, 0.6) is 0 Å². The molecule has 0 amide bonds. The number of hydrogen-bond donors (Lipinski definition) is 1. The van der Waals surface area contributed by atoms with E-state index in [9.17, 15) is 0 Å². The zero-order valence-corrected chi connectivity index (χ0v) is 16.7. The molecule has 2 aliphatic rings. The summed E-state index contributed by atoms with van der Waals surface area (Å²) in [5.74, 6) is 0.938. The Morgan fingerprint density at radius 1 is 0.966 bits per heavy atom. The maximum absolute atomic E-state index is 4.62. The molecular weight excluding hydrogens is 364 g/mol. The Kier molecular flexibility index (Phi) is 5.36. The third kappa shape index (κ3) is 4.09. The molecule has 8 nitrogen and oxygen atoms in total. The van der Waals surface area contributed by atoms with Gasteiger partial charge in [0.1, 0.15) is 5.69 Å². The molecule has 3 aromatic heterocycles. The van der Waals surface area contributed by atoms with Crippen LogP contribution < -0.4 is 5.32 Å². The van der Waals surface area contributed by atoms with Crippen LogP contribution in [0.4, 0.5) is 0 Å². The number of nitrogens with one attached hydrogen (secondary N) is 1. The zero-order chi connectivity index (χ0) is 19.5. The highest BCUT2D eigenvalue weighted by Gasteiger charge is 2.24.